The summed E-state index contributed by atoms with van der Waals surface area (Å²) in [5.41, 5.74) is 2.43. The number of nitriles is 2. The van der Waals surface area contributed by atoms with Crippen molar-refractivity contribution in [3.8, 4) is 23.6 Å². The minimum Gasteiger partial charge on any atom is -0.453 e. The van der Waals surface area contributed by atoms with E-state index in [9.17, 15) is 0 Å². The van der Waals surface area contributed by atoms with E-state index in [1.807, 2.05) is 26.0 Å². The third-order valence-electron chi connectivity index (χ3n) is 3.00. The van der Waals surface area contributed by atoms with E-state index in [0.717, 1.165) is 24.2 Å². The van der Waals surface area contributed by atoms with E-state index in [1.165, 1.54) is 0 Å². The lowest BCUT2D eigenvalue weighted by Crippen LogP contribution is -1.93. The first kappa shape index (κ1) is 13.6. The highest BCUT2D eigenvalue weighted by molar-refractivity contribution is 5.50. The molecule has 1 aromatic carbocycles. The second-order valence-corrected chi connectivity index (χ2v) is 4.22. The average molecular weight is 266 g/mol. The molecule has 0 aliphatic carbocycles. The summed E-state index contributed by atoms with van der Waals surface area (Å²) in [5.74, 6) is 1.25. The molecular weight excluding hydrogens is 252 g/mol. The number of aryl methyl sites for hydroxylation is 2. The standard InChI is InChI=1S/C15H14N4O/c1-3-13-15(14(4-2)19-18-13)20-12-6-5-10(8-16)11(7-12)9-17/h5-7H,3-4H2,1-2H3,(H,18,19). The van der Waals surface area contributed by atoms with Crippen LogP contribution in [-0.4, -0.2) is 10.2 Å². The van der Waals surface area contributed by atoms with Crippen molar-refractivity contribution in [3.05, 3.63) is 40.7 Å². The summed E-state index contributed by atoms with van der Waals surface area (Å²) in [5, 5.41) is 25.1. The maximum absolute atomic E-state index is 9.03. The number of ether oxygens (including phenoxy) is 1. The SMILES string of the molecule is CCc1n[nH]c(CC)c1Oc1ccc(C#N)c(C#N)c1. The van der Waals surface area contributed by atoms with Crippen molar-refractivity contribution in [3.63, 3.8) is 0 Å². The topological polar surface area (TPSA) is 85.5 Å². The van der Waals surface area contributed by atoms with Gasteiger partial charge in [0.25, 0.3) is 0 Å². The van der Waals surface area contributed by atoms with E-state index >= 15 is 0 Å². The molecule has 20 heavy (non-hydrogen) atoms. The number of nitrogens with zero attached hydrogens (tertiary/aromatic N) is 3. The Morgan fingerprint density at radius 2 is 1.90 bits per heavy atom. The molecule has 1 aromatic heterocycles. The maximum Gasteiger partial charge on any atom is 0.171 e. The second-order valence-electron chi connectivity index (χ2n) is 4.22. The van der Waals surface area contributed by atoms with Gasteiger partial charge in [0.05, 0.1) is 16.8 Å². The van der Waals surface area contributed by atoms with Crippen LogP contribution in [0.15, 0.2) is 18.2 Å². The maximum atomic E-state index is 9.03. The number of nitrogens with one attached hydrogen (secondary N) is 1. The third-order valence-corrected chi connectivity index (χ3v) is 3.00. The number of benzene rings is 1. The Morgan fingerprint density at radius 1 is 1.15 bits per heavy atom. The van der Waals surface area contributed by atoms with Crippen LogP contribution in [0, 0.1) is 22.7 Å². The Hall–Kier alpha value is -2.79. The zero-order valence-electron chi connectivity index (χ0n) is 11.4. The van der Waals surface area contributed by atoms with Gasteiger partial charge in [-0.15, -0.1) is 0 Å². The number of H-pyrrole nitrogens is 1. The van der Waals surface area contributed by atoms with Crippen molar-refractivity contribution in [2.45, 2.75) is 26.7 Å². The van der Waals surface area contributed by atoms with E-state index in [1.54, 1.807) is 18.2 Å². The predicted octanol–water partition coefficient (Wildman–Crippen LogP) is 3.07. The predicted molar refractivity (Wildman–Crippen MR) is 73.3 cm³/mol. The zero-order chi connectivity index (χ0) is 14.5. The van der Waals surface area contributed by atoms with Crippen molar-refractivity contribution in [2.75, 3.05) is 0 Å². The van der Waals surface area contributed by atoms with Crippen LogP contribution in [0.25, 0.3) is 0 Å². The van der Waals surface area contributed by atoms with Crippen LogP contribution >= 0.6 is 0 Å². The number of hydrogen-bond donors (Lipinski definition) is 1. The van der Waals surface area contributed by atoms with Crippen LogP contribution in [0.4, 0.5) is 0 Å². The first-order valence-corrected chi connectivity index (χ1v) is 6.41. The largest absolute Gasteiger partial charge is 0.453 e. The van der Waals surface area contributed by atoms with E-state index in [0.29, 0.717) is 22.6 Å². The average Bonchev–Trinajstić information content (AvgIpc) is 2.88. The molecule has 0 bridgehead atoms. The Kier molecular flexibility index (Phi) is 4.02. The van der Waals surface area contributed by atoms with Gasteiger partial charge in [0.2, 0.25) is 0 Å². The summed E-state index contributed by atoms with van der Waals surface area (Å²) < 4.78 is 5.85. The summed E-state index contributed by atoms with van der Waals surface area (Å²) in [7, 11) is 0. The van der Waals surface area contributed by atoms with Gasteiger partial charge >= 0.3 is 0 Å². The van der Waals surface area contributed by atoms with Gasteiger partial charge in [0.15, 0.2) is 5.75 Å². The monoisotopic (exact) mass is 266 g/mol. The van der Waals surface area contributed by atoms with Crippen LogP contribution in [-0.2, 0) is 12.8 Å². The molecule has 0 saturated heterocycles. The number of hydrogen-bond acceptors (Lipinski definition) is 4. The van der Waals surface area contributed by atoms with Crippen molar-refractivity contribution in [2.24, 2.45) is 0 Å². The van der Waals surface area contributed by atoms with E-state index in [4.69, 9.17) is 15.3 Å². The molecule has 0 saturated carbocycles. The first-order valence-electron chi connectivity index (χ1n) is 6.41. The zero-order valence-corrected chi connectivity index (χ0v) is 11.4. The fourth-order valence-electron chi connectivity index (χ4n) is 1.91. The first-order chi connectivity index (χ1) is 9.73. The fourth-order valence-corrected chi connectivity index (χ4v) is 1.91. The molecule has 5 nitrogen and oxygen atoms in total. The molecule has 0 radical (unpaired) electrons. The smallest absolute Gasteiger partial charge is 0.171 e. The summed E-state index contributed by atoms with van der Waals surface area (Å²) in [6, 6.07) is 8.83. The Bertz CT molecular complexity index is 682. The molecule has 0 unspecified atom stereocenters. The Balaban J connectivity index is 2.38. The lowest BCUT2D eigenvalue weighted by molar-refractivity contribution is 0.471. The molecule has 1 N–H and O–H groups in total. The van der Waals surface area contributed by atoms with E-state index in [2.05, 4.69) is 10.2 Å². The molecule has 0 spiro atoms. The lowest BCUT2D eigenvalue weighted by atomic mass is 10.1. The third kappa shape index (κ3) is 2.48. The van der Waals surface area contributed by atoms with E-state index < -0.39 is 0 Å². The molecule has 1 heterocycles. The molecule has 0 aliphatic heterocycles. The highest BCUT2D eigenvalue weighted by Gasteiger charge is 2.14. The highest BCUT2D eigenvalue weighted by Crippen LogP contribution is 2.29. The van der Waals surface area contributed by atoms with Crippen LogP contribution in [0.5, 0.6) is 11.5 Å². The van der Waals surface area contributed by atoms with E-state index in [-0.39, 0.29) is 0 Å². The summed E-state index contributed by atoms with van der Waals surface area (Å²) >= 11 is 0. The van der Waals surface area contributed by atoms with Crippen LogP contribution in [0.1, 0.15) is 36.4 Å². The minimum atomic E-state index is 0.310. The van der Waals surface area contributed by atoms with Crippen LogP contribution in [0.3, 0.4) is 0 Å². The van der Waals surface area contributed by atoms with Gasteiger partial charge in [-0.2, -0.15) is 15.6 Å². The van der Waals surface area contributed by atoms with Crippen molar-refractivity contribution in [1.82, 2.24) is 10.2 Å². The highest BCUT2D eigenvalue weighted by atomic mass is 16.5. The van der Waals surface area contributed by atoms with Gasteiger partial charge in [-0.3, -0.25) is 5.10 Å². The van der Waals surface area contributed by atoms with Gasteiger partial charge in [0, 0.05) is 0 Å². The molecule has 2 aromatic rings. The molecule has 0 aliphatic rings. The van der Waals surface area contributed by atoms with Gasteiger partial charge < -0.3 is 4.74 Å². The molecule has 2 rings (SSSR count). The number of aromatic amines is 1. The summed E-state index contributed by atoms with van der Waals surface area (Å²) in [6.45, 7) is 4.02. The molecule has 0 atom stereocenters. The molecule has 0 fully saturated rings. The van der Waals surface area contributed by atoms with Gasteiger partial charge in [-0.05, 0) is 31.0 Å². The van der Waals surface area contributed by atoms with Gasteiger partial charge in [-0.1, -0.05) is 13.8 Å². The summed E-state index contributed by atoms with van der Waals surface area (Å²) in [4.78, 5) is 0. The lowest BCUT2D eigenvalue weighted by Gasteiger charge is -2.08. The van der Waals surface area contributed by atoms with Crippen molar-refractivity contribution >= 4 is 0 Å². The Labute approximate surface area is 117 Å². The fraction of sp³-hybridized carbons (Fsp3) is 0.267. The van der Waals surface area contributed by atoms with Gasteiger partial charge in [-0.25, -0.2) is 0 Å². The van der Waals surface area contributed by atoms with Crippen LogP contribution < -0.4 is 4.74 Å². The molecule has 100 valence electrons. The van der Waals surface area contributed by atoms with Gasteiger partial charge in [0.1, 0.15) is 23.6 Å². The summed E-state index contributed by atoms with van der Waals surface area (Å²) in [6.07, 6.45) is 1.54. The number of rotatable bonds is 4. The van der Waals surface area contributed by atoms with Crippen LogP contribution in [0.2, 0.25) is 0 Å². The quantitative estimate of drug-likeness (QED) is 0.921. The molecule has 5 heteroatoms. The van der Waals surface area contributed by atoms with Crippen molar-refractivity contribution in [1.29, 1.82) is 10.5 Å². The molecule has 0 amide bonds. The second kappa shape index (κ2) is 5.90. The minimum absolute atomic E-state index is 0.310. The molecular formula is C15H14N4O. The Morgan fingerprint density at radius 3 is 2.50 bits per heavy atom. The normalized spacial score (nSPS) is 9.80. The van der Waals surface area contributed by atoms with Crippen molar-refractivity contribution < 1.29 is 4.74 Å². The number of aromatic nitrogens is 2.